The van der Waals surface area contributed by atoms with E-state index in [-0.39, 0.29) is 30.6 Å². The molecule has 1 atom stereocenters. The summed E-state index contributed by atoms with van der Waals surface area (Å²) in [7, 11) is 0. The number of carbonyl (C=O) groups excluding carboxylic acids is 2. The molecule has 1 unspecified atom stereocenters. The Hall–Kier alpha value is -2.40. The molecule has 2 amide bonds. The number of hydrogen-bond donors (Lipinski definition) is 1. The lowest BCUT2D eigenvalue weighted by atomic mass is 10.1. The van der Waals surface area contributed by atoms with Gasteiger partial charge >= 0.3 is 0 Å². The second-order valence-electron chi connectivity index (χ2n) is 6.03. The number of likely N-dealkylation sites (N-methyl/N-ethyl adjacent to an activating group) is 1. The number of carbonyl (C=O) groups is 2. The summed E-state index contributed by atoms with van der Waals surface area (Å²) in [4.78, 5) is 26.6. The standard InChI is InChI=1S/C20H22ClFN2O2/c1-3-23-20(26)14(2)24(13-15-7-9-18(22)10-8-15)19(25)12-16-5-4-6-17(21)11-16/h4-11,14H,3,12-13H2,1-2H3,(H,23,26). The van der Waals surface area contributed by atoms with Crippen LogP contribution in [0.4, 0.5) is 4.39 Å². The minimum absolute atomic E-state index is 0.130. The largest absolute Gasteiger partial charge is 0.355 e. The third kappa shape index (κ3) is 5.56. The molecule has 2 aromatic carbocycles. The van der Waals surface area contributed by atoms with Gasteiger partial charge in [0.15, 0.2) is 0 Å². The van der Waals surface area contributed by atoms with Crippen molar-refractivity contribution in [1.29, 1.82) is 0 Å². The molecule has 0 heterocycles. The topological polar surface area (TPSA) is 49.4 Å². The fraction of sp³-hybridized carbons (Fsp3) is 0.300. The molecule has 2 aromatic rings. The minimum atomic E-state index is -0.647. The second-order valence-corrected chi connectivity index (χ2v) is 6.46. The van der Waals surface area contributed by atoms with Crippen molar-refractivity contribution in [3.63, 3.8) is 0 Å². The second kappa shape index (κ2) is 9.34. The van der Waals surface area contributed by atoms with Crippen molar-refractivity contribution in [3.05, 3.63) is 70.5 Å². The van der Waals surface area contributed by atoms with Crippen molar-refractivity contribution >= 4 is 23.4 Å². The third-order valence-corrected chi connectivity index (χ3v) is 4.26. The van der Waals surface area contributed by atoms with E-state index in [1.165, 1.54) is 17.0 Å². The van der Waals surface area contributed by atoms with E-state index in [4.69, 9.17) is 11.6 Å². The van der Waals surface area contributed by atoms with Crippen molar-refractivity contribution in [1.82, 2.24) is 10.2 Å². The molecular formula is C20H22ClFN2O2. The fourth-order valence-electron chi connectivity index (χ4n) is 2.61. The van der Waals surface area contributed by atoms with Gasteiger partial charge in [-0.15, -0.1) is 0 Å². The molecule has 0 aliphatic carbocycles. The number of amides is 2. The highest BCUT2D eigenvalue weighted by atomic mass is 35.5. The van der Waals surface area contributed by atoms with E-state index in [0.717, 1.165) is 11.1 Å². The molecular weight excluding hydrogens is 355 g/mol. The average molecular weight is 377 g/mol. The summed E-state index contributed by atoms with van der Waals surface area (Å²) in [6.45, 7) is 4.21. The van der Waals surface area contributed by atoms with Gasteiger partial charge < -0.3 is 10.2 Å². The molecule has 0 saturated heterocycles. The highest BCUT2D eigenvalue weighted by Crippen LogP contribution is 2.15. The first-order valence-electron chi connectivity index (χ1n) is 8.46. The predicted molar refractivity (Wildman–Crippen MR) is 100 cm³/mol. The summed E-state index contributed by atoms with van der Waals surface area (Å²) in [6.07, 6.45) is 0.130. The van der Waals surface area contributed by atoms with Gasteiger partial charge in [0, 0.05) is 18.1 Å². The monoisotopic (exact) mass is 376 g/mol. The lowest BCUT2D eigenvalue weighted by Crippen LogP contribution is -2.48. The molecule has 1 N–H and O–H groups in total. The van der Waals surface area contributed by atoms with Crippen LogP contribution in [0.5, 0.6) is 0 Å². The van der Waals surface area contributed by atoms with E-state index in [1.807, 2.05) is 13.0 Å². The summed E-state index contributed by atoms with van der Waals surface area (Å²) in [5.41, 5.74) is 1.52. The van der Waals surface area contributed by atoms with Gasteiger partial charge in [-0.2, -0.15) is 0 Å². The zero-order valence-corrected chi connectivity index (χ0v) is 15.6. The minimum Gasteiger partial charge on any atom is -0.355 e. The van der Waals surface area contributed by atoms with Crippen LogP contribution in [0, 0.1) is 5.82 Å². The van der Waals surface area contributed by atoms with Crippen LogP contribution in [0.15, 0.2) is 48.5 Å². The maximum atomic E-state index is 13.1. The lowest BCUT2D eigenvalue weighted by molar-refractivity contribution is -0.140. The molecule has 138 valence electrons. The Bertz CT molecular complexity index is 765. The fourth-order valence-corrected chi connectivity index (χ4v) is 2.83. The van der Waals surface area contributed by atoms with Crippen LogP contribution in [-0.4, -0.2) is 29.3 Å². The first kappa shape index (κ1) is 19.9. The number of halogens is 2. The van der Waals surface area contributed by atoms with Crippen molar-refractivity contribution in [2.45, 2.75) is 32.9 Å². The first-order valence-corrected chi connectivity index (χ1v) is 8.84. The maximum Gasteiger partial charge on any atom is 0.242 e. The van der Waals surface area contributed by atoms with E-state index < -0.39 is 6.04 Å². The molecule has 0 aromatic heterocycles. The number of benzene rings is 2. The zero-order valence-electron chi connectivity index (χ0n) is 14.8. The summed E-state index contributed by atoms with van der Waals surface area (Å²) in [6, 6.07) is 12.3. The molecule has 0 aliphatic rings. The molecule has 0 saturated carbocycles. The summed E-state index contributed by atoms with van der Waals surface area (Å²) in [5.74, 6) is -0.772. The smallest absolute Gasteiger partial charge is 0.242 e. The number of nitrogens with one attached hydrogen (secondary N) is 1. The maximum absolute atomic E-state index is 13.1. The number of rotatable bonds is 7. The van der Waals surface area contributed by atoms with Crippen LogP contribution in [0.3, 0.4) is 0 Å². The molecule has 0 radical (unpaired) electrons. The van der Waals surface area contributed by atoms with Crippen molar-refractivity contribution < 1.29 is 14.0 Å². The van der Waals surface area contributed by atoms with E-state index >= 15 is 0 Å². The zero-order chi connectivity index (χ0) is 19.1. The molecule has 4 nitrogen and oxygen atoms in total. The Morgan fingerprint density at radius 2 is 1.85 bits per heavy atom. The van der Waals surface area contributed by atoms with Gasteiger partial charge in [-0.25, -0.2) is 4.39 Å². The van der Waals surface area contributed by atoms with Gasteiger partial charge in [-0.3, -0.25) is 9.59 Å². The van der Waals surface area contributed by atoms with Gasteiger partial charge in [-0.1, -0.05) is 35.9 Å². The van der Waals surface area contributed by atoms with Crippen LogP contribution in [0.2, 0.25) is 5.02 Å². The van der Waals surface area contributed by atoms with E-state index in [2.05, 4.69) is 5.32 Å². The van der Waals surface area contributed by atoms with Crippen molar-refractivity contribution in [3.8, 4) is 0 Å². The van der Waals surface area contributed by atoms with Gasteiger partial charge in [0.25, 0.3) is 0 Å². The van der Waals surface area contributed by atoms with Crippen LogP contribution in [0.1, 0.15) is 25.0 Å². The highest BCUT2D eigenvalue weighted by Gasteiger charge is 2.25. The molecule has 0 fully saturated rings. The first-order chi connectivity index (χ1) is 12.4. The van der Waals surface area contributed by atoms with E-state index in [9.17, 15) is 14.0 Å². The van der Waals surface area contributed by atoms with Gasteiger partial charge in [0.05, 0.1) is 6.42 Å². The van der Waals surface area contributed by atoms with E-state index in [0.29, 0.717) is 11.6 Å². The average Bonchev–Trinajstić information content (AvgIpc) is 2.60. The van der Waals surface area contributed by atoms with Crippen LogP contribution >= 0.6 is 11.6 Å². The highest BCUT2D eigenvalue weighted by molar-refractivity contribution is 6.30. The molecule has 2 rings (SSSR count). The van der Waals surface area contributed by atoms with Crippen LogP contribution in [-0.2, 0) is 22.6 Å². The number of nitrogens with zero attached hydrogens (tertiary/aromatic N) is 1. The normalized spacial score (nSPS) is 11.7. The molecule has 26 heavy (non-hydrogen) atoms. The van der Waals surface area contributed by atoms with Gasteiger partial charge in [0.1, 0.15) is 11.9 Å². The van der Waals surface area contributed by atoms with E-state index in [1.54, 1.807) is 37.3 Å². The lowest BCUT2D eigenvalue weighted by Gasteiger charge is -2.29. The SMILES string of the molecule is CCNC(=O)C(C)N(Cc1ccc(F)cc1)C(=O)Cc1cccc(Cl)c1. The quantitative estimate of drug-likeness (QED) is 0.803. The van der Waals surface area contributed by atoms with Gasteiger partial charge in [0.2, 0.25) is 11.8 Å². The number of hydrogen-bond acceptors (Lipinski definition) is 2. The van der Waals surface area contributed by atoms with Crippen LogP contribution < -0.4 is 5.32 Å². The molecule has 6 heteroatoms. The Kier molecular flexibility index (Phi) is 7.16. The Morgan fingerprint density at radius 3 is 2.46 bits per heavy atom. The van der Waals surface area contributed by atoms with Crippen molar-refractivity contribution in [2.24, 2.45) is 0 Å². The summed E-state index contributed by atoms with van der Waals surface area (Å²) >= 11 is 5.98. The third-order valence-electron chi connectivity index (χ3n) is 4.03. The Labute approximate surface area is 158 Å². The molecule has 0 aliphatic heterocycles. The van der Waals surface area contributed by atoms with Crippen LogP contribution in [0.25, 0.3) is 0 Å². The molecule has 0 bridgehead atoms. The molecule has 0 spiro atoms. The predicted octanol–water partition coefficient (Wildman–Crippen LogP) is 3.58. The Morgan fingerprint density at radius 1 is 1.15 bits per heavy atom. The van der Waals surface area contributed by atoms with Crippen molar-refractivity contribution in [2.75, 3.05) is 6.54 Å². The van der Waals surface area contributed by atoms with Gasteiger partial charge in [-0.05, 0) is 49.2 Å². The Balaban J connectivity index is 2.21. The summed E-state index contributed by atoms with van der Waals surface area (Å²) in [5, 5.41) is 3.29. The summed E-state index contributed by atoms with van der Waals surface area (Å²) < 4.78 is 13.1.